The predicted octanol–water partition coefficient (Wildman–Crippen LogP) is 1.27. The fraction of sp³-hybridized carbons (Fsp3) is 0.0909. The van der Waals surface area contributed by atoms with Crippen molar-refractivity contribution in [1.29, 1.82) is 5.26 Å². The summed E-state index contributed by atoms with van der Waals surface area (Å²) in [5, 5.41) is 17.2. The highest BCUT2D eigenvalue weighted by Gasteiger charge is 2.14. The average molecular weight is 201 g/mol. The summed E-state index contributed by atoms with van der Waals surface area (Å²) in [7, 11) is 1.38. The van der Waals surface area contributed by atoms with Gasteiger partial charge in [0.05, 0.1) is 7.11 Å². The number of rotatable bonds is 2. The van der Waals surface area contributed by atoms with Gasteiger partial charge in [-0.1, -0.05) is 6.07 Å². The van der Waals surface area contributed by atoms with Crippen molar-refractivity contribution in [3.63, 3.8) is 0 Å². The fourth-order valence-electron chi connectivity index (χ4n) is 1.12. The van der Waals surface area contributed by atoms with E-state index in [1.165, 1.54) is 19.2 Å². The molecule has 1 N–H and O–H groups in total. The van der Waals surface area contributed by atoms with Gasteiger partial charge < -0.3 is 9.84 Å². The van der Waals surface area contributed by atoms with E-state index in [0.29, 0.717) is 0 Å². The lowest BCUT2D eigenvalue weighted by atomic mass is 10.1. The molecule has 4 heteroatoms. The summed E-state index contributed by atoms with van der Waals surface area (Å²) in [6.07, 6.45) is 0. The number of aromatic carboxylic acids is 1. The van der Waals surface area contributed by atoms with E-state index in [2.05, 4.69) is 11.8 Å². The first-order chi connectivity index (χ1) is 7.20. The highest BCUT2D eigenvalue weighted by Crippen LogP contribution is 2.21. The molecule has 15 heavy (non-hydrogen) atoms. The quantitative estimate of drug-likeness (QED) is 0.731. The van der Waals surface area contributed by atoms with Gasteiger partial charge in [-0.25, -0.2) is 4.79 Å². The van der Waals surface area contributed by atoms with Crippen molar-refractivity contribution in [2.45, 2.75) is 0 Å². The van der Waals surface area contributed by atoms with Crippen molar-refractivity contribution in [2.75, 3.05) is 7.11 Å². The minimum atomic E-state index is -1.13. The number of nitrogens with zero attached hydrogens (tertiary/aromatic N) is 1. The Morgan fingerprint density at radius 1 is 1.53 bits per heavy atom. The lowest BCUT2D eigenvalue weighted by molar-refractivity contribution is 0.0693. The lowest BCUT2D eigenvalue weighted by Crippen LogP contribution is -2.03. The maximum atomic E-state index is 10.9. The van der Waals surface area contributed by atoms with Crippen LogP contribution in [-0.4, -0.2) is 18.2 Å². The highest BCUT2D eigenvalue weighted by atomic mass is 16.5. The summed E-state index contributed by atoms with van der Waals surface area (Å²) < 4.78 is 4.90. The SMILES string of the molecule is COc1cccc(C#CC#N)c1C(=O)O. The largest absolute Gasteiger partial charge is 0.496 e. The van der Waals surface area contributed by atoms with E-state index in [9.17, 15) is 4.79 Å². The van der Waals surface area contributed by atoms with Gasteiger partial charge in [-0.2, -0.15) is 5.26 Å². The molecule has 0 aromatic heterocycles. The summed E-state index contributed by atoms with van der Waals surface area (Å²) in [4.78, 5) is 10.9. The van der Waals surface area contributed by atoms with Crippen molar-refractivity contribution in [2.24, 2.45) is 0 Å². The molecule has 0 unspecified atom stereocenters. The van der Waals surface area contributed by atoms with Crippen LogP contribution in [0.15, 0.2) is 18.2 Å². The van der Waals surface area contributed by atoms with E-state index in [0.717, 1.165) is 0 Å². The molecule has 0 saturated carbocycles. The van der Waals surface area contributed by atoms with E-state index < -0.39 is 5.97 Å². The number of nitriles is 1. The van der Waals surface area contributed by atoms with Crippen LogP contribution < -0.4 is 4.74 Å². The Balaban J connectivity index is 3.39. The van der Waals surface area contributed by atoms with Crippen LogP contribution in [0.4, 0.5) is 0 Å². The number of benzene rings is 1. The smallest absolute Gasteiger partial charge is 0.340 e. The second kappa shape index (κ2) is 4.69. The van der Waals surface area contributed by atoms with Crippen molar-refractivity contribution in [3.05, 3.63) is 29.3 Å². The first-order valence-corrected chi connectivity index (χ1v) is 4.01. The molecular weight excluding hydrogens is 194 g/mol. The Labute approximate surface area is 86.7 Å². The molecule has 0 aliphatic carbocycles. The Kier molecular flexibility index (Phi) is 3.32. The van der Waals surface area contributed by atoms with E-state index in [1.54, 1.807) is 12.1 Å². The maximum absolute atomic E-state index is 10.9. The summed E-state index contributed by atoms with van der Waals surface area (Å²) in [5.41, 5.74) is 0.242. The third-order valence-corrected chi connectivity index (χ3v) is 1.71. The molecule has 74 valence electrons. The average Bonchev–Trinajstić information content (AvgIpc) is 2.25. The second-order valence-corrected chi connectivity index (χ2v) is 2.55. The van der Waals surface area contributed by atoms with E-state index in [4.69, 9.17) is 15.1 Å². The number of ether oxygens (including phenoxy) is 1. The molecule has 0 amide bonds. The van der Waals surface area contributed by atoms with Crippen LogP contribution in [-0.2, 0) is 0 Å². The number of carbonyl (C=O) groups is 1. The lowest BCUT2D eigenvalue weighted by Gasteiger charge is -2.05. The summed E-state index contributed by atoms with van der Waals surface area (Å²) in [6, 6.07) is 6.30. The number of hydrogen-bond acceptors (Lipinski definition) is 3. The van der Waals surface area contributed by atoms with E-state index in [-0.39, 0.29) is 16.9 Å². The molecule has 0 bridgehead atoms. The molecule has 0 heterocycles. The molecule has 0 atom stereocenters. The molecule has 1 aromatic rings. The molecular formula is C11H7NO3. The van der Waals surface area contributed by atoms with Gasteiger partial charge in [0.25, 0.3) is 0 Å². The van der Waals surface area contributed by atoms with Crippen LogP contribution in [0.25, 0.3) is 0 Å². The van der Waals surface area contributed by atoms with Gasteiger partial charge in [0.15, 0.2) is 6.07 Å². The van der Waals surface area contributed by atoms with Gasteiger partial charge in [0, 0.05) is 11.5 Å². The van der Waals surface area contributed by atoms with Gasteiger partial charge in [-0.15, -0.1) is 0 Å². The van der Waals surface area contributed by atoms with Crippen LogP contribution in [0.1, 0.15) is 15.9 Å². The maximum Gasteiger partial charge on any atom is 0.340 e. The van der Waals surface area contributed by atoms with Crippen molar-refractivity contribution in [1.82, 2.24) is 0 Å². The molecule has 0 radical (unpaired) electrons. The molecule has 1 aromatic carbocycles. The van der Waals surface area contributed by atoms with Crippen LogP contribution >= 0.6 is 0 Å². The second-order valence-electron chi connectivity index (χ2n) is 2.55. The molecule has 1 rings (SSSR count). The van der Waals surface area contributed by atoms with Gasteiger partial charge in [-0.3, -0.25) is 0 Å². The predicted molar refractivity (Wildman–Crippen MR) is 52.4 cm³/mol. The standard InChI is InChI=1S/C11H7NO3/c1-15-9-6-2-4-8(5-3-7-12)10(9)11(13)14/h2,4,6H,1H3,(H,13,14). The van der Waals surface area contributed by atoms with Gasteiger partial charge in [0.1, 0.15) is 11.3 Å². The van der Waals surface area contributed by atoms with Crippen LogP contribution in [0.3, 0.4) is 0 Å². The van der Waals surface area contributed by atoms with Crippen molar-refractivity contribution >= 4 is 5.97 Å². The molecule has 0 fully saturated rings. The number of hydrogen-bond donors (Lipinski definition) is 1. The van der Waals surface area contributed by atoms with Gasteiger partial charge in [0.2, 0.25) is 0 Å². The van der Waals surface area contributed by atoms with Crippen molar-refractivity contribution in [3.8, 4) is 23.7 Å². The highest BCUT2D eigenvalue weighted by molar-refractivity contribution is 5.94. The monoisotopic (exact) mass is 201 g/mol. The van der Waals surface area contributed by atoms with Crippen molar-refractivity contribution < 1.29 is 14.6 Å². The number of carboxylic acid groups (broad SMARTS) is 1. The zero-order valence-corrected chi connectivity index (χ0v) is 7.94. The third-order valence-electron chi connectivity index (χ3n) is 1.71. The zero-order chi connectivity index (χ0) is 11.3. The Morgan fingerprint density at radius 2 is 2.27 bits per heavy atom. The molecule has 0 spiro atoms. The summed E-state index contributed by atoms with van der Waals surface area (Å²) in [6.45, 7) is 0. The number of carboxylic acids is 1. The normalized spacial score (nSPS) is 8.27. The van der Waals surface area contributed by atoms with Gasteiger partial charge in [-0.05, 0) is 18.1 Å². The van der Waals surface area contributed by atoms with E-state index in [1.807, 2.05) is 0 Å². The zero-order valence-electron chi connectivity index (χ0n) is 7.94. The Bertz CT molecular complexity index is 489. The fourth-order valence-corrected chi connectivity index (χ4v) is 1.12. The minimum Gasteiger partial charge on any atom is -0.496 e. The first kappa shape index (κ1) is 10.6. The molecule has 4 nitrogen and oxygen atoms in total. The first-order valence-electron chi connectivity index (χ1n) is 4.01. The third kappa shape index (κ3) is 2.26. The number of methoxy groups -OCH3 is 1. The Morgan fingerprint density at radius 3 is 2.80 bits per heavy atom. The summed E-state index contributed by atoms with van der Waals surface area (Å²) in [5.74, 6) is 3.69. The van der Waals surface area contributed by atoms with Crippen LogP contribution in [0.5, 0.6) is 5.75 Å². The van der Waals surface area contributed by atoms with Gasteiger partial charge >= 0.3 is 5.97 Å². The summed E-state index contributed by atoms with van der Waals surface area (Å²) >= 11 is 0. The Hall–Kier alpha value is -2.46. The topological polar surface area (TPSA) is 70.3 Å². The molecule has 0 aliphatic rings. The minimum absolute atomic E-state index is 0.0252. The van der Waals surface area contributed by atoms with Crippen LogP contribution in [0.2, 0.25) is 0 Å². The molecule has 0 saturated heterocycles. The molecule has 0 aliphatic heterocycles. The van der Waals surface area contributed by atoms with E-state index >= 15 is 0 Å². The van der Waals surface area contributed by atoms with Crippen LogP contribution in [0, 0.1) is 23.2 Å².